The van der Waals surface area contributed by atoms with Crippen LogP contribution in [0.5, 0.6) is 0 Å². The second-order valence-electron chi connectivity index (χ2n) is 3.48. The van der Waals surface area contributed by atoms with Crippen molar-refractivity contribution in [2.75, 3.05) is 12.4 Å². The van der Waals surface area contributed by atoms with Crippen LogP contribution in [0.15, 0.2) is 33.6 Å². The number of hydrogen-bond donors (Lipinski definition) is 0. The topological polar surface area (TPSA) is 37.4 Å². The predicted octanol–water partition coefficient (Wildman–Crippen LogP) is 2.85. The second-order valence-corrected chi connectivity index (χ2v) is 7.04. The molecule has 90 valence electrons. The summed E-state index contributed by atoms with van der Waals surface area (Å²) in [6.07, 6.45) is 0. The first-order valence-electron chi connectivity index (χ1n) is 4.69. The highest BCUT2D eigenvalue weighted by Gasteiger charge is 2.24. The lowest BCUT2D eigenvalue weighted by atomic mass is 10.4. The Morgan fingerprint density at radius 3 is 2.25 bits per heavy atom. The van der Waals surface area contributed by atoms with E-state index < -0.39 is 10.0 Å². The summed E-state index contributed by atoms with van der Waals surface area (Å²) in [5.74, 6) is 0. The third-order valence-electron chi connectivity index (χ3n) is 2.33. The minimum Gasteiger partial charge on any atom is -0.207 e. The van der Waals surface area contributed by atoms with Gasteiger partial charge in [-0.05, 0) is 31.2 Å². The molecule has 0 bridgehead atoms. The first kappa shape index (κ1) is 14.2. The van der Waals surface area contributed by atoms with Gasteiger partial charge in [0.1, 0.15) is 0 Å². The van der Waals surface area contributed by atoms with Crippen LogP contribution in [0.25, 0.3) is 0 Å². The molecule has 1 aromatic carbocycles. The Labute approximate surface area is 113 Å². The van der Waals surface area contributed by atoms with Gasteiger partial charge in [-0.2, -0.15) is 4.31 Å². The first-order chi connectivity index (χ1) is 7.39. The average Bonchev–Trinajstić information content (AvgIpc) is 2.27. The fraction of sp³-hybridized carbons (Fsp3) is 0.400. The molecule has 0 aliphatic carbocycles. The lowest BCUT2D eigenvalue weighted by molar-refractivity contribution is 0.416. The van der Waals surface area contributed by atoms with Crippen LogP contribution in [0.4, 0.5) is 0 Å². The molecule has 0 amide bonds. The van der Waals surface area contributed by atoms with Crippen molar-refractivity contribution in [3.63, 3.8) is 0 Å². The van der Waals surface area contributed by atoms with E-state index in [9.17, 15) is 8.42 Å². The van der Waals surface area contributed by atoms with E-state index in [-0.39, 0.29) is 6.04 Å². The predicted molar refractivity (Wildman–Crippen MR) is 72.3 cm³/mol. The molecule has 0 N–H and O–H groups in total. The fourth-order valence-corrected chi connectivity index (χ4v) is 3.36. The van der Waals surface area contributed by atoms with E-state index >= 15 is 0 Å². The van der Waals surface area contributed by atoms with Crippen LogP contribution in [0.1, 0.15) is 6.92 Å². The van der Waals surface area contributed by atoms with Gasteiger partial charge in [0.15, 0.2) is 0 Å². The van der Waals surface area contributed by atoms with Crippen LogP contribution in [0.2, 0.25) is 0 Å². The van der Waals surface area contributed by atoms with E-state index in [1.165, 1.54) is 4.31 Å². The van der Waals surface area contributed by atoms with Crippen molar-refractivity contribution >= 4 is 41.9 Å². The van der Waals surface area contributed by atoms with E-state index in [4.69, 9.17) is 0 Å². The summed E-state index contributed by atoms with van der Waals surface area (Å²) >= 11 is 6.55. The van der Waals surface area contributed by atoms with Gasteiger partial charge in [-0.3, -0.25) is 0 Å². The number of rotatable bonds is 4. The molecule has 1 unspecified atom stereocenters. The maximum absolute atomic E-state index is 12.1. The van der Waals surface area contributed by atoms with Gasteiger partial charge in [-0.1, -0.05) is 31.9 Å². The van der Waals surface area contributed by atoms with Gasteiger partial charge >= 0.3 is 0 Å². The van der Waals surface area contributed by atoms with Gasteiger partial charge < -0.3 is 0 Å². The van der Waals surface area contributed by atoms with Gasteiger partial charge in [-0.25, -0.2) is 8.42 Å². The third kappa shape index (κ3) is 3.06. The van der Waals surface area contributed by atoms with E-state index in [1.54, 1.807) is 31.3 Å². The van der Waals surface area contributed by atoms with E-state index in [0.29, 0.717) is 10.2 Å². The molecule has 0 aromatic heterocycles. The van der Waals surface area contributed by atoms with Crippen LogP contribution < -0.4 is 0 Å². The smallest absolute Gasteiger partial charge is 0.207 e. The van der Waals surface area contributed by atoms with Crippen molar-refractivity contribution in [1.29, 1.82) is 0 Å². The Morgan fingerprint density at radius 2 is 1.81 bits per heavy atom. The first-order valence-corrected chi connectivity index (χ1v) is 8.04. The fourth-order valence-electron chi connectivity index (χ4n) is 1.11. The minimum absolute atomic E-state index is 0.0753. The monoisotopic (exact) mass is 369 g/mol. The molecule has 0 fully saturated rings. The molecular formula is C10H13Br2NO2S. The molecule has 0 aliphatic heterocycles. The van der Waals surface area contributed by atoms with Gasteiger partial charge in [0.25, 0.3) is 0 Å². The summed E-state index contributed by atoms with van der Waals surface area (Å²) < 4.78 is 26.5. The van der Waals surface area contributed by atoms with Crippen LogP contribution in [0.3, 0.4) is 0 Å². The third-order valence-corrected chi connectivity index (χ3v) is 5.79. The summed E-state index contributed by atoms with van der Waals surface area (Å²) in [5.41, 5.74) is 0. The summed E-state index contributed by atoms with van der Waals surface area (Å²) in [7, 11) is -1.80. The van der Waals surface area contributed by atoms with Gasteiger partial charge in [0.05, 0.1) is 4.90 Å². The normalized spacial score (nSPS) is 14.1. The summed E-state index contributed by atoms with van der Waals surface area (Å²) in [6, 6.07) is 6.56. The van der Waals surface area contributed by atoms with Crippen molar-refractivity contribution in [2.24, 2.45) is 0 Å². The number of benzene rings is 1. The Hall–Kier alpha value is 0.0900. The van der Waals surface area contributed by atoms with Crippen molar-refractivity contribution in [3.8, 4) is 0 Å². The Bertz CT molecular complexity index is 444. The van der Waals surface area contributed by atoms with Gasteiger partial charge in [0.2, 0.25) is 10.0 Å². The Morgan fingerprint density at radius 1 is 1.31 bits per heavy atom. The maximum Gasteiger partial charge on any atom is 0.243 e. The Balaban J connectivity index is 3.07. The zero-order valence-electron chi connectivity index (χ0n) is 9.02. The van der Waals surface area contributed by atoms with E-state index in [2.05, 4.69) is 31.9 Å². The molecule has 1 rings (SSSR count). The van der Waals surface area contributed by atoms with Crippen LogP contribution in [0, 0.1) is 0 Å². The van der Waals surface area contributed by atoms with Crippen LogP contribution >= 0.6 is 31.9 Å². The highest BCUT2D eigenvalue weighted by atomic mass is 79.9. The molecule has 0 aliphatic rings. The number of alkyl halides is 1. The number of sulfonamides is 1. The lowest BCUT2D eigenvalue weighted by Crippen LogP contribution is -2.36. The number of halogens is 2. The number of hydrogen-bond acceptors (Lipinski definition) is 2. The average molecular weight is 371 g/mol. The lowest BCUT2D eigenvalue weighted by Gasteiger charge is -2.22. The van der Waals surface area contributed by atoms with Gasteiger partial charge in [0, 0.05) is 22.9 Å². The van der Waals surface area contributed by atoms with E-state index in [1.807, 2.05) is 6.92 Å². The highest BCUT2D eigenvalue weighted by molar-refractivity contribution is 9.10. The maximum atomic E-state index is 12.1. The molecule has 0 radical (unpaired) electrons. The molecule has 1 atom stereocenters. The molecule has 0 saturated heterocycles. The molecule has 0 saturated carbocycles. The molecule has 6 heteroatoms. The molecule has 0 heterocycles. The quantitative estimate of drug-likeness (QED) is 0.764. The molecular weight excluding hydrogens is 358 g/mol. The van der Waals surface area contributed by atoms with Crippen molar-refractivity contribution in [3.05, 3.63) is 28.7 Å². The summed E-state index contributed by atoms with van der Waals surface area (Å²) in [6.45, 7) is 1.85. The zero-order chi connectivity index (χ0) is 12.3. The largest absolute Gasteiger partial charge is 0.243 e. The second kappa shape index (κ2) is 5.62. The number of nitrogens with zero attached hydrogens (tertiary/aromatic N) is 1. The SMILES string of the molecule is CC(CBr)N(C)S(=O)(=O)c1ccc(Br)cc1. The standard InChI is InChI=1S/C10H13Br2NO2S/c1-8(7-11)13(2)16(14,15)10-5-3-9(12)4-6-10/h3-6,8H,7H2,1-2H3. The minimum atomic E-state index is -3.38. The van der Waals surface area contributed by atoms with Gasteiger partial charge in [-0.15, -0.1) is 0 Å². The molecule has 16 heavy (non-hydrogen) atoms. The Kier molecular flexibility index (Phi) is 4.97. The van der Waals surface area contributed by atoms with Crippen molar-refractivity contribution in [1.82, 2.24) is 4.31 Å². The van der Waals surface area contributed by atoms with Crippen molar-refractivity contribution < 1.29 is 8.42 Å². The van der Waals surface area contributed by atoms with Crippen LogP contribution in [-0.4, -0.2) is 31.1 Å². The van der Waals surface area contributed by atoms with Crippen molar-refractivity contribution in [2.45, 2.75) is 17.9 Å². The molecule has 0 spiro atoms. The molecule has 3 nitrogen and oxygen atoms in total. The zero-order valence-corrected chi connectivity index (χ0v) is 13.0. The molecule has 1 aromatic rings. The summed E-state index contributed by atoms with van der Waals surface area (Å²) in [4.78, 5) is 0.311. The summed E-state index contributed by atoms with van der Waals surface area (Å²) in [5, 5.41) is 0.610. The van der Waals surface area contributed by atoms with E-state index in [0.717, 1.165) is 4.47 Å². The van der Waals surface area contributed by atoms with Crippen LogP contribution in [-0.2, 0) is 10.0 Å². The highest BCUT2D eigenvalue weighted by Crippen LogP contribution is 2.19.